The predicted octanol–water partition coefficient (Wildman–Crippen LogP) is 3.61. The molecule has 1 aromatic heterocycles. The Kier molecular flexibility index (Phi) is 7.31. The third-order valence-electron chi connectivity index (χ3n) is 4.97. The van der Waals surface area contributed by atoms with Crippen molar-refractivity contribution in [1.29, 1.82) is 0 Å². The lowest BCUT2D eigenvalue weighted by atomic mass is 9.95. The molecule has 7 heteroatoms. The maximum Gasteiger partial charge on any atom is 0.290 e. The van der Waals surface area contributed by atoms with Gasteiger partial charge in [0.25, 0.3) is 5.91 Å². The average molecular weight is 424 g/mol. The summed E-state index contributed by atoms with van der Waals surface area (Å²) in [5.74, 6) is -0.271. The lowest BCUT2D eigenvalue weighted by Gasteiger charge is -2.28. The first-order chi connectivity index (χ1) is 14.9. The van der Waals surface area contributed by atoms with E-state index in [-0.39, 0.29) is 5.57 Å². The van der Waals surface area contributed by atoms with Crippen molar-refractivity contribution in [2.75, 3.05) is 33.8 Å². The van der Waals surface area contributed by atoms with Crippen molar-refractivity contribution < 1.29 is 23.8 Å². The first-order valence-electron chi connectivity index (χ1n) is 10.3. The SMILES string of the molecule is CCCOc1ccc(C2C(C(=O)/C=C/c3ccco3)=C(O)C(=O)N2CCN(C)C)cc1. The summed E-state index contributed by atoms with van der Waals surface area (Å²) in [7, 11) is 3.81. The quantitative estimate of drug-likeness (QED) is 0.587. The van der Waals surface area contributed by atoms with Gasteiger partial charge in [-0.3, -0.25) is 9.59 Å². The molecule has 1 unspecified atom stereocenters. The molecule has 1 N–H and O–H groups in total. The van der Waals surface area contributed by atoms with Gasteiger partial charge >= 0.3 is 0 Å². The van der Waals surface area contributed by atoms with Gasteiger partial charge in [-0.2, -0.15) is 0 Å². The Morgan fingerprint density at radius 3 is 2.61 bits per heavy atom. The van der Waals surface area contributed by atoms with Crippen LogP contribution in [-0.2, 0) is 9.59 Å². The van der Waals surface area contributed by atoms with E-state index < -0.39 is 23.5 Å². The second-order valence-electron chi connectivity index (χ2n) is 7.60. The number of allylic oxidation sites excluding steroid dienone is 1. The van der Waals surface area contributed by atoms with E-state index in [0.29, 0.717) is 31.2 Å². The second kappa shape index (κ2) is 10.1. The van der Waals surface area contributed by atoms with E-state index in [1.54, 1.807) is 12.1 Å². The number of ketones is 1. The zero-order valence-electron chi connectivity index (χ0n) is 18.1. The van der Waals surface area contributed by atoms with Crippen LogP contribution < -0.4 is 4.74 Å². The molecular weight excluding hydrogens is 396 g/mol. The predicted molar refractivity (Wildman–Crippen MR) is 118 cm³/mol. The Labute approximate surface area is 182 Å². The van der Waals surface area contributed by atoms with Gasteiger partial charge in [0.1, 0.15) is 11.5 Å². The molecule has 1 atom stereocenters. The van der Waals surface area contributed by atoms with Crippen molar-refractivity contribution in [3.05, 3.63) is 71.4 Å². The number of amides is 1. The van der Waals surface area contributed by atoms with Crippen LogP contribution in [0.2, 0.25) is 0 Å². The van der Waals surface area contributed by atoms with E-state index in [9.17, 15) is 14.7 Å². The summed E-state index contributed by atoms with van der Waals surface area (Å²) in [6.07, 6.45) is 5.25. The molecule has 3 rings (SSSR count). The molecule has 0 spiro atoms. The largest absolute Gasteiger partial charge is 0.503 e. The number of likely N-dealkylation sites (N-methyl/N-ethyl adjacent to an activating group) is 1. The standard InChI is InChI=1S/C24H28N2O5/c1-4-15-30-19-9-7-17(8-10-19)22-21(20(27)12-11-18-6-5-16-31-18)23(28)24(29)26(22)14-13-25(2)3/h5-12,16,22,28H,4,13-15H2,1-3H3/b12-11+. The van der Waals surface area contributed by atoms with Crippen LogP contribution in [0.25, 0.3) is 6.08 Å². The number of carbonyl (C=O) groups excluding carboxylic acids is 2. The number of furan rings is 1. The number of hydrogen-bond donors (Lipinski definition) is 1. The Bertz CT molecular complexity index is 958. The van der Waals surface area contributed by atoms with Crippen LogP contribution in [0, 0.1) is 0 Å². The molecule has 2 aromatic rings. The highest BCUT2D eigenvalue weighted by Gasteiger charge is 2.42. The first kappa shape index (κ1) is 22.4. The molecule has 1 aliphatic heterocycles. The number of aliphatic hydroxyl groups is 1. The minimum atomic E-state index is -0.679. The molecule has 1 aromatic carbocycles. The van der Waals surface area contributed by atoms with Crippen LogP contribution in [-0.4, -0.2) is 60.4 Å². The smallest absolute Gasteiger partial charge is 0.290 e. The number of aliphatic hydroxyl groups excluding tert-OH is 1. The average Bonchev–Trinajstić information content (AvgIpc) is 3.36. The molecule has 0 saturated heterocycles. The van der Waals surface area contributed by atoms with Gasteiger partial charge in [0.05, 0.1) is 24.5 Å². The topological polar surface area (TPSA) is 83.2 Å². The van der Waals surface area contributed by atoms with Crippen molar-refractivity contribution in [2.45, 2.75) is 19.4 Å². The lowest BCUT2D eigenvalue weighted by molar-refractivity contribution is -0.129. The maximum absolute atomic E-state index is 13.0. The molecule has 164 valence electrons. The summed E-state index contributed by atoms with van der Waals surface area (Å²) < 4.78 is 10.9. The van der Waals surface area contributed by atoms with Gasteiger partial charge < -0.3 is 24.1 Å². The monoisotopic (exact) mass is 424 g/mol. The molecule has 0 saturated carbocycles. The third-order valence-corrected chi connectivity index (χ3v) is 4.97. The zero-order chi connectivity index (χ0) is 22.4. The summed E-state index contributed by atoms with van der Waals surface area (Å²) >= 11 is 0. The number of nitrogens with zero attached hydrogens (tertiary/aromatic N) is 2. The van der Waals surface area contributed by atoms with Crippen LogP contribution in [0.1, 0.15) is 30.7 Å². The number of benzene rings is 1. The molecule has 2 heterocycles. The number of rotatable bonds is 10. The lowest BCUT2D eigenvalue weighted by Crippen LogP contribution is -2.36. The fourth-order valence-electron chi connectivity index (χ4n) is 3.39. The highest BCUT2D eigenvalue weighted by atomic mass is 16.5. The highest BCUT2D eigenvalue weighted by molar-refractivity contribution is 6.14. The van der Waals surface area contributed by atoms with Crippen molar-refractivity contribution in [2.24, 2.45) is 0 Å². The third kappa shape index (κ3) is 5.24. The van der Waals surface area contributed by atoms with Crippen LogP contribution in [0.4, 0.5) is 0 Å². The van der Waals surface area contributed by atoms with Crippen LogP contribution >= 0.6 is 0 Å². The fraction of sp³-hybridized carbons (Fsp3) is 0.333. The Morgan fingerprint density at radius 1 is 1.26 bits per heavy atom. The minimum absolute atomic E-state index is 0.0637. The van der Waals surface area contributed by atoms with Gasteiger partial charge in [0, 0.05) is 13.1 Å². The Hall–Kier alpha value is -3.32. The zero-order valence-corrected chi connectivity index (χ0v) is 18.1. The van der Waals surface area contributed by atoms with Crippen molar-refractivity contribution in [3.8, 4) is 5.75 Å². The minimum Gasteiger partial charge on any atom is -0.503 e. The van der Waals surface area contributed by atoms with E-state index in [1.807, 2.05) is 50.2 Å². The van der Waals surface area contributed by atoms with Crippen molar-refractivity contribution >= 4 is 17.8 Å². The number of ether oxygens (including phenoxy) is 1. The van der Waals surface area contributed by atoms with Crippen LogP contribution in [0.3, 0.4) is 0 Å². The Balaban J connectivity index is 1.93. The maximum atomic E-state index is 13.0. The first-order valence-corrected chi connectivity index (χ1v) is 10.3. The van der Waals surface area contributed by atoms with E-state index >= 15 is 0 Å². The normalized spacial score (nSPS) is 16.7. The summed E-state index contributed by atoms with van der Waals surface area (Å²) in [6.45, 7) is 3.60. The molecule has 0 radical (unpaired) electrons. The van der Waals surface area contributed by atoms with Gasteiger partial charge in [0.15, 0.2) is 11.5 Å². The summed E-state index contributed by atoms with van der Waals surface area (Å²) in [5, 5.41) is 10.6. The molecule has 0 bridgehead atoms. The van der Waals surface area contributed by atoms with E-state index in [4.69, 9.17) is 9.15 Å². The second-order valence-corrected chi connectivity index (χ2v) is 7.60. The van der Waals surface area contributed by atoms with Crippen molar-refractivity contribution in [1.82, 2.24) is 9.80 Å². The van der Waals surface area contributed by atoms with Crippen LogP contribution in [0.15, 0.2) is 64.5 Å². The van der Waals surface area contributed by atoms with Crippen LogP contribution in [0.5, 0.6) is 5.75 Å². The van der Waals surface area contributed by atoms with Gasteiger partial charge in [-0.25, -0.2) is 0 Å². The highest BCUT2D eigenvalue weighted by Crippen LogP contribution is 2.38. The van der Waals surface area contributed by atoms with Gasteiger partial charge in [0.2, 0.25) is 0 Å². The van der Waals surface area contributed by atoms with Gasteiger partial charge in [-0.1, -0.05) is 19.1 Å². The number of carbonyl (C=O) groups is 2. The molecule has 7 nitrogen and oxygen atoms in total. The molecular formula is C24H28N2O5. The molecule has 0 aliphatic carbocycles. The van der Waals surface area contributed by atoms with E-state index in [2.05, 4.69) is 0 Å². The van der Waals surface area contributed by atoms with Gasteiger partial charge in [-0.05, 0) is 62.5 Å². The fourth-order valence-corrected chi connectivity index (χ4v) is 3.39. The molecule has 1 aliphatic rings. The molecule has 1 amide bonds. The van der Waals surface area contributed by atoms with Gasteiger partial charge in [-0.15, -0.1) is 0 Å². The summed E-state index contributed by atoms with van der Waals surface area (Å²) in [4.78, 5) is 29.3. The Morgan fingerprint density at radius 2 is 2.00 bits per heavy atom. The molecule has 31 heavy (non-hydrogen) atoms. The summed E-state index contributed by atoms with van der Waals surface area (Å²) in [5.41, 5.74) is 0.795. The van der Waals surface area contributed by atoms with Crippen molar-refractivity contribution in [3.63, 3.8) is 0 Å². The summed E-state index contributed by atoms with van der Waals surface area (Å²) in [6, 6.07) is 10.0. The molecule has 0 fully saturated rings. The van der Waals surface area contributed by atoms with E-state index in [1.165, 1.54) is 23.3 Å². The number of hydrogen-bond acceptors (Lipinski definition) is 6. The van der Waals surface area contributed by atoms with E-state index in [0.717, 1.165) is 12.0 Å².